The van der Waals surface area contributed by atoms with Crippen LogP contribution in [0.1, 0.15) is 24.6 Å². The van der Waals surface area contributed by atoms with Gasteiger partial charge in [0.25, 0.3) is 5.91 Å². The number of aliphatic hydroxyl groups excluding tert-OH is 1. The highest BCUT2D eigenvalue weighted by molar-refractivity contribution is 6.30. The summed E-state index contributed by atoms with van der Waals surface area (Å²) < 4.78 is 13.2. The molecule has 43 heavy (non-hydrogen) atoms. The van der Waals surface area contributed by atoms with Crippen molar-refractivity contribution in [3.05, 3.63) is 51.9 Å². The highest BCUT2D eigenvalue weighted by atomic mass is 35.5. The third-order valence-corrected chi connectivity index (χ3v) is 7.87. The molecule has 4 heterocycles. The number of benzene rings is 1. The van der Waals surface area contributed by atoms with E-state index in [9.17, 15) is 14.7 Å². The van der Waals surface area contributed by atoms with Crippen LogP contribution >= 0.6 is 11.6 Å². The fraction of sp³-hybridized carbons (Fsp3) is 0.500. The van der Waals surface area contributed by atoms with E-state index in [1.807, 2.05) is 11.9 Å². The summed E-state index contributed by atoms with van der Waals surface area (Å²) in [7, 11) is 3.35. The first-order chi connectivity index (χ1) is 20.8. The number of halogens is 1. The lowest BCUT2D eigenvalue weighted by molar-refractivity contribution is -0.135. The molecule has 3 aromatic rings. The first-order valence-electron chi connectivity index (χ1n) is 13.7. The van der Waals surface area contributed by atoms with Crippen molar-refractivity contribution in [2.75, 3.05) is 39.1 Å². The zero-order valence-electron chi connectivity index (χ0n) is 23.6. The van der Waals surface area contributed by atoms with Crippen LogP contribution in [0.2, 0.25) is 5.02 Å². The minimum Gasteiger partial charge on any atom is -0.483 e. The average molecular weight is 614 g/mol. The zero-order chi connectivity index (χ0) is 30.5. The van der Waals surface area contributed by atoms with E-state index in [1.165, 1.54) is 24.3 Å². The van der Waals surface area contributed by atoms with E-state index in [4.69, 9.17) is 26.6 Å². The van der Waals surface area contributed by atoms with Crippen molar-refractivity contribution in [2.45, 2.75) is 49.9 Å². The number of anilines is 1. The normalized spacial score (nSPS) is 22.3. The Balaban J connectivity index is 1.30. The Morgan fingerprint density at radius 2 is 2.05 bits per heavy atom. The highest BCUT2D eigenvalue weighted by Gasteiger charge is 2.48. The Bertz CT molecular complexity index is 1520. The first kappa shape index (κ1) is 30.3. The summed E-state index contributed by atoms with van der Waals surface area (Å²) in [6.07, 6.45) is 0.872. The SMILES string of the molecule is CNC(=O)[C@H]1O[C@@H](n2cnc3c(NCc4cc(Cl)ccc4OCC(=O)N4CCC(NC)CC4)ncnc32)[C@H](O)[C@@H]1N=[N+]=[N-]. The van der Waals surface area contributed by atoms with Crippen molar-refractivity contribution in [3.63, 3.8) is 0 Å². The van der Waals surface area contributed by atoms with Gasteiger partial charge in [-0.15, -0.1) is 0 Å². The number of hydrogen-bond acceptors (Lipinski definition) is 11. The molecule has 0 radical (unpaired) electrons. The van der Waals surface area contributed by atoms with E-state index in [-0.39, 0.29) is 19.1 Å². The average Bonchev–Trinajstić information content (AvgIpc) is 3.60. The molecule has 1 aromatic carbocycles. The number of carbonyl (C=O) groups is 2. The van der Waals surface area contributed by atoms with Crippen molar-refractivity contribution < 1.29 is 24.2 Å². The molecule has 2 aliphatic heterocycles. The van der Waals surface area contributed by atoms with E-state index in [0.717, 1.165) is 12.8 Å². The Hall–Kier alpha value is -4.21. The van der Waals surface area contributed by atoms with E-state index in [2.05, 4.69) is 40.9 Å². The van der Waals surface area contributed by atoms with Crippen molar-refractivity contribution in [2.24, 2.45) is 5.11 Å². The molecule has 0 spiro atoms. The molecule has 0 aliphatic carbocycles. The molecule has 5 rings (SSSR count). The number of likely N-dealkylation sites (N-methyl/N-ethyl adjacent to an activating group) is 1. The fourth-order valence-electron chi connectivity index (χ4n) is 5.26. The molecule has 0 saturated carbocycles. The molecule has 0 unspecified atom stereocenters. The number of nitrogens with zero attached hydrogens (tertiary/aromatic N) is 8. The maximum absolute atomic E-state index is 12.8. The molecule has 17 heteroatoms. The fourth-order valence-corrected chi connectivity index (χ4v) is 5.45. The summed E-state index contributed by atoms with van der Waals surface area (Å²) in [6.45, 7) is 1.50. The van der Waals surface area contributed by atoms with Crippen molar-refractivity contribution in [1.82, 2.24) is 35.1 Å². The number of aliphatic hydroxyl groups is 1. The Morgan fingerprint density at radius 3 is 2.77 bits per heavy atom. The number of aromatic nitrogens is 4. The number of azide groups is 1. The van der Waals surface area contributed by atoms with Gasteiger partial charge in [-0.25, -0.2) is 15.0 Å². The Kier molecular flexibility index (Phi) is 9.43. The van der Waals surface area contributed by atoms with Crippen molar-refractivity contribution >= 4 is 40.4 Å². The van der Waals surface area contributed by atoms with E-state index in [1.54, 1.807) is 18.2 Å². The number of rotatable bonds is 10. The maximum Gasteiger partial charge on any atom is 0.260 e. The number of fused-ring (bicyclic) bond motifs is 1. The lowest BCUT2D eigenvalue weighted by atomic mass is 10.1. The standard InChI is InChI=1S/C26H32ClN11O5/c1-29-16-5-7-37(8-6-16)18(39)11-42-17-4-3-15(27)9-14(17)10-31-23-20-24(33-12-32-23)38(13-34-20)26-21(40)19(35-36-28)22(43-26)25(41)30-2/h3-4,9,12-13,16,19,21-22,26,29,40H,5-8,10-11H2,1-2H3,(H,30,41)(H,31,32,33)/t19-,21+,22-,26+/m0/s1. The van der Waals surface area contributed by atoms with E-state index >= 15 is 0 Å². The number of nitrogens with one attached hydrogen (secondary N) is 3. The molecule has 2 saturated heterocycles. The van der Waals surface area contributed by atoms with Gasteiger partial charge in [0.2, 0.25) is 5.91 Å². The van der Waals surface area contributed by atoms with E-state index < -0.39 is 30.4 Å². The summed E-state index contributed by atoms with van der Waals surface area (Å²) in [5, 5.41) is 23.8. The second-order valence-electron chi connectivity index (χ2n) is 10.1. The van der Waals surface area contributed by atoms with Crippen LogP contribution in [-0.2, 0) is 20.9 Å². The molecular formula is C26H32ClN11O5. The van der Waals surface area contributed by atoms with Gasteiger partial charge in [0, 0.05) is 48.2 Å². The lowest BCUT2D eigenvalue weighted by Crippen LogP contribution is -2.45. The largest absolute Gasteiger partial charge is 0.483 e. The van der Waals surface area contributed by atoms with Gasteiger partial charge in [0.1, 0.15) is 30.3 Å². The van der Waals surface area contributed by atoms with Gasteiger partial charge >= 0.3 is 0 Å². The van der Waals surface area contributed by atoms with Crippen LogP contribution < -0.4 is 20.7 Å². The maximum atomic E-state index is 12.8. The van der Waals surface area contributed by atoms with Crippen LogP contribution in [0.4, 0.5) is 5.82 Å². The van der Waals surface area contributed by atoms with Gasteiger partial charge in [0.05, 0.1) is 6.33 Å². The van der Waals surface area contributed by atoms with Gasteiger partial charge in [-0.1, -0.05) is 16.7 Å². The topological polar surface area (TPSA) is 205 Å². The number of piperidine rings is 1. The summed E-state index contributed by atoms with van der Waals surface area (Å²) in [5.74, 6) is 0.252. The smallest absolute Gasteiger partial charge is 0.260 e. The van der Waals surface area contributed by atoms with Crippen LogP contribution in [0.15, 0.2) is 36.0 Å². The first-order valence-corrected chi connectivity index (χ1v) is 14.1. The van der Waals surface area contributed by atoms with Crippen molar-refractivity contribution in [3.8, 4) is 5.75 Å². The summed E-state index contributed by atoms with van der Waals surface area (Å²) in [4.78, 5) is 42.6. The Morgan fingerprint density at radius 1 is 1.26 bits per heavy atom. The molecule has 4 atom stereocenters. The number of carbonyl (C=O) groups excluding carboxylic acids is 2. The van der Waals surface area contributed by atoms with Crippen LogP contribution in [-0.4, -0.2) is 99.4 Å². The molecule has 16 nitrogen and oxygen atoms in total. The lowest BCUT2D eigenvalue weighted by Gasteiger charge is -2.31. The third-order valence-electron chi connectivity index (χ3n) is 7.64. The van der Waals surface area contributed by atoms with Crippen LogP contribution in [0.3, 0.4) is 0 Å². The van der Waals surface area contributed by atoms with Crippen molar-refractivity contribution in [1.29, 1.82) is 0 Å². The molecular weight excluding hydrogens is 582 g/mol. The Labute approximate surface area is 251 Å². The monoisotopic (exact) mass is 613 g/mol. The second kappa shape index (κ2) is 13.4. The molecule has 2 fully saturated rings. The molecule has 0 bridgehead atoms. The number of imidazole rings is 1. The molecule has 2 amide bonds. The predicted octanol–water partition coefficient (Wildman–Crippen LogP) is 1.36. The van der Waals surface area contributed by atoms with E-state index in [0.29, 0.717) is 52.4 Å². The number of hydrogen-bond donors (Lipinski definition) is 4. The van der Waals surface area contributed by atoms with Gasteiger partial charge in [-0.3, -0.25) is 14.2 Å². The van der Waals surface area contributed by atoms with Gasteiger partial charge < -0.3 is 35.4 Å². The molecule has 228 valence electrons. The van der Waals surface area contributed by atoms with Gasteiger partial charge in [-0.05, 0) is 43.6 Å². The molecule has 2 aromatic heterocycles. The van der Waals surface area contributed by atoms with Crippen LogP contribution in [0.25, 0.3) is 21.6 Å². The number of ether oxygens (including phenoxy) is 2. The summed E-state index contributed by atoms with van der Waals surface area (Å²) >= 11 is 6.27. The molecule has 2 aliphatic rings. The summed E-state index contributed by atoms with van der Waals surface area (Å²) in [6, 6.07) is 4.41. The third kappa shape index (κ3) is 6.43. The highest BCUT2D eigenvalue weighted by Crippen LogP contribution is 2.34. The van der Waals surface area contributed by atoms with Crippen LogP contribution in [0, 0.1) is 0 Å². The minimum absolute atomic E-state index is 0.0795. The number of likely N-dealkylation sites (tertiary alicyclic amines) is 1. The molecule has 4 N–H and O–H groups in total. The zero-order valence-corrected chi connectivity index (χ0v) is 24.3. The quantitative estimate of drug-likeness (QED) is 0.147. The number of amides is 2. The minimum atomic E-state index is -1.34. The predicted molar refractivity (Wildman–Crippen MR) is 155 cm³/mol. The second-order valence-corrected chi connectivity index (χ2v) is 10.6. The summed E-state index contributed by atoms with van der Waals surface area (Å²) in [5.41, 5.74) is 10.3. The van der Waals surface area contributed by atoms with Gasteiger partial charge in [0.15, 0.2) is 29.8 Å². The van der Waals surface area contributed by atoms with Crippen LogP contribution in [0.5, 0.6) is 5.75 Å². The van der Waals surface area contributed by atoms with Gasteiger partial charge in [-0.2, -0.15) is 0 Å².